The van der Waals surface area contributed by atoms with Crippen LogP contribution in [0.4, 0.5) is 0 Å². The molecular formula is C19H33N3O3. The molecule has 25 heavy (non-hydrogen) atoms. The van der Waals surface area contributed by atoms with Crippen molar-refractivity contribution in [2.45, 2.75) is 33.7 Å². The highest BCUT2D eigenvalue weighted by atomic mass is 16.5. The van der Waals surface area contributed by atoms with Crippen LogP contribution in [0.1, 0.15) is 31.4 Å². The Morgan fingerprint density at radius 1 is 1.04 bits per heavy atom. The van der Waals surface area contributed by atoms with Crippen molar-refractivity contribution >= 4 is 5.96 Å². The standard InChI is InChI=1S/C19H33N3O3/c1-5-23-11-7-10-21-19(20-4)22-15-17-9-8-16(3)14-18(17)25-13-12-24-6-2/h8-9,14H,5-7,10-13,15H2,1-4H3,(H2,20,21,22). The number of hydrogen-bond acceptors (Lipinski definition) is 4. The summed E-state index contributed by atoms with van der Waals surface area (Å²) in [7, 11) is 1.77. The molecule has 0 aromatic heterocycles. The zero-order chi connectivity index (χ0) is 18.3. The second-order valence-corrected chi connectivity index (χ2v) is 5.56. The summed E-state index contributed by atoms with van der Waals surface area (Å²) in [6, 6.07) is 6.23. The van der Waals surface area contributed by atoms with Gasteiger partial charge in [-0.05, 0) is 38.8 Å². The molecule has 0 aliphatic rings. The van der Waals surface area contributed by atoms with Gasteiger partial charge in [0.1, 0.15) is 12.4 Å². The van der Waals surface area contributed by atoms with Gasteiger partial charge in [0.2, 0.25) is 0 Å². The average molecular weight is 351 g/mol. The van der Waals surface area contributed by atoms with Crippen molar-refractivity contribution in [3.05, 3.63) is 29.3 Å². The number of ether oxygens (including phenoxy) is 3. The number of benzene rings is 1. The third kappa shape index (κ3) is 9.31. The zero-order valence-corrected chi connectivity index (χ0v) is 16.1. The first-order valence-corrected chi connectivity index (χ1v) is 9.03. The van der Waals surface area contributed by atoms with Gasteiger partial charge >= 0.3 is 0 Å². The van der Waals surface area contributed by atoms with Gasteiger partial charge in [-0.1, -0.05) is 12.1 Å². The molecule has 0 amide bonds. The van der Waals surface area contributed by atoms with Crippen LogP contribution in [0.2, 0.25) is 0 Å². The molecule has 0 atom stereocenters. The summed E-state index contributed by atoms with van der Waals surface area (Å²) in [6.45, 7) is 10.9. The molecule has 0 bridgehead atoms. The minimum atomic E-state index is 0.550. The number of rotatable bonds is 12. The number of nitrogens with one attached hydrogen (secondary N) is 2. The van der Waals surface area contributed by atoms with Gasteiger partial charge in [-0.25, -0.2) is 0 Å². The first-order chi connectivity index (χ1) is 12.2. The lowest BCUT2D eigenvalue weighted by atomic mass is 10.1. The fourth-order valence-electron chi connectivity index (χ4n) is 2.22. The molecule has 6 heteroatoms. The third-order valence-corrected chi connectivity index (χ3v) is 3.54. The molecule has 0 unspecified atom stereocenters. The molecule has 1 aromatic rings. The van der Waals surface area contributed by atoms with E-state index in [1.165, 1.54) is 5.56 Å². The predicted octanol–water partition coefficient (Wildman–Crippen LogP) is 2.50. The molecule has 142 valence electrons. The Morgan fingerprint density at radius 3 is 2.52 bits per heavy atom. The quantitative estimate of drug-likeness (QED) is 0.344. The van der Waals surface area contributed by atoms with E-state index in [-0.39, 0.29) is 0 Å². The van der Waals surface area contributed by atoms with Gasteiger partial charge in [0.15, 0.2) is 5.96 Å². The number of guanidine groups is 1. The van der Waals surface area contributed by atoms with Crippen LogP contribution >= 0.6 is 0 Å². The maximum Gasteiger partial charge on any atom is 0.191 e. The smallest absolute Gasteiger partial charge is 0.191 e. The van der Waals surface area contributed by atoms with Gasteiger partial charge < -0.3 is 24.8 Å². The van der Waals surface area contributed by atoms with Crippen LogP contribution in [0, 0.1) is 6.92 Å². The van der Waals surface area contributed by atoms with Crippen LogP contribution in [-0.2, 0) is 16.0 Å². The largest absolute Gasteiger partial charge is 0.491 e. The summed E-state index contributed by atoms with van der Waals surface area (Å²) in [5.74, 6) is 1.66. The highest BCUT2D eigenvalue weighted by Crippen LogP contribution is 2.20. The highest BCUT2D eigenvalue weighted by molar-refractivity contribution is 5.79. The van der Waals surface area contributed by atoms with Gasteiger partial charge in [0, 0.05) is 45.5 Å². The molecule has 0 fully saturated rings. The lowest BCUT2D eigenvalue weighted by molar-refractivity contribution is 0.110. The molecule has 1 rings (SSSR count). The first-order valence-electron chi connectivity index (χ1n) is 9.03. The summed E-state index contributed by atoms with van der Waals surface area (Å²) in [4.78, 5) is 4.25. The molecule has 0 spiro atoms. The van der Waals surface area contributed by atoms with Crippen LogP contribution in [0.5, 0.6) is 5.75 Å². The average Bonchev–Trinajstić information content (AvgIpc) is 2.62. The SMILES string of the molecule is CCOCCCNC(=NC)NCc1ccc(C)cc1OCCOCC. The van der Waals surface area contributed by atoms with E-state index in [9.17, 15) is 0 Å². The van der Waals surface area contributed by atoms with Crippen LogP contribution in [0.15, 0.2) is 23.2 Å². The van der Waals surface area contributed by atoms with E-state index in [0.717, 1.165) is 43.5 Å². The van der Waals surface area contributed by atoms with Crippen molar-refractivity contribution < 1.29 is 14.2 Å². The second-order valence-electron chi connectivity index (χ2n) is 5.56. The summed E-state index contributed by atoms with van der Waals surface area (Å²) < 4.78 is 16.5. The number of nitrogens with zero attached hydrogens (tertiary/aromatic N) is 1. The number of hydrogen-bond donors (Lipinski definition) is 2. The van der Waals surface area contributed by atoms with Gasteiger partial charge in [-0.2, -0.15) is 0 Å². The Kier molecular flexibility index (Phi) is 11.5. The summed E-state index contributed by atoms with van der Waals surface area (Å²) in [5, 5.41) is 6.61. The lowest BCUT2D eigenvalue weighted by Gasteiger charge is -2.15. The molecule has 0 aliphatic heterocycles. The van der Waals surface area contributed by atoms with Crippen molar-refractivity contribution in [1.82, 2.24) is 10.6 Å². The molecule has 0 saturated carbocycles. The lowest BCUT2D eigenvalue weighted by Crippen LogP contribution is -2.37. The summed E-state index contributed by atoms with van der Waals surface area (Å²) in [6.07, 6.45) is 0.949. The molecule has 2 N–H and O–H groups in total. The molecule has 0 heterocycles. The van der Waals surface area contributed by atoms with Gasteiger partial charge in [-0.3, -0.25) is 4.99 Å². The van der Waals surface area contributed by atoms with Crippen molar-refractivity contribution in [2.75, 3.05) is 46.6 Å². The van der Waals surface area contributed by atoms with Crippen LogP contribution in [-0.4, -0.2) is 52.6 Å². The first kappa shape index (κ1) is 21.3. The number of aliphatic imine (C=N–C) groups is 1. The maximum absolute atomic E-state index is 5.87. The van der Waals surface area contributed by atoms with E-state index in [2.05, 4.69) is 40.7 Å². The Bertz CT molecular complexity index is 507. The Hall–Kier alpha value is -1.79. The topological polar surface area (TPSA) is 64.1 Å². The summed E-state index contributed by atoms with van der Waals surface area (Å²) in [5.41, 5.74) is 2.27. The molecule has 1 aromatic carbocycles. The molecule has 6 nitrogen and oxygen atoms in total. The van der Waals surface area contributed by atoms with Crippen molar-refractivity contribution in [3.63, 3.8) is 0 Å². The Morgan fingerprint density at radius 2 is 1.80 bits per heavy atom. The minimum absolute atomic E-state index is 0.550. The van der Waals surface area contributed by atoms with Gasteiger partial charge in [0.25, 0.3) is 0 Å². The minimum Gasteiger partial charge on any atom is -0.491 e. The van der Waals surface area contributed by atoms with E-state index >= 15 is 0 Å². The van der Waals surface area contributed by atoms with Crippen molar-refractivity contribution in [3.8, 4) is 5.75 Å². The normalized spacial score (nSPS) is 11.4. The van der Waals surface area contributed by atoms with Crippen LogP contribution in [0.25, 0.3) is 0 Å². The van der Waals surface area contributed by atoms with Gasteiger partial charge in [-0.15, -0.1) is 0 Å². The second kappa shape index (κ2) is 13.5. The fourth-order valence-corrected chi connectivity index (χ4v) is 2.22. The molecular weight excluding hydrogens is 318 g/mol. The van der Waals surface area contributed by atoms with E-state index in [0.29, 0.717) is 26.4 Å². The molecule has 0 radical (unpaired) electrons. The predicted molar refractivity (Wildman–Crippen MR) is 102 cm³/mol. The van der Waals surface area contributed by atoms with E-state index in [4.69, 9.17) is 14.2 Å². The van der Waals surface area contributed by atoms with Gasteiger partial charge in [0.05, 0.1) is 6.61 Å². The monoisotopic (exact) mass is 351 g/mol. The van der Waals surface area contributed by atoms with E-state index < -0.39 is 0 Å². The fraction of sp³-hybridized carbons (Fsp3) is 0.632. The molecule has 0 aliphatic carbocycles. The maximum atomic E-state index is 5.87. The van der Waals surface area contributed by atoms with Crippen molar-refractivity contribution in [2.24, 2.45) is 4.99 Å². The molecule has 0 saturated heterocycles. The van der Waals surface area contributed by atoms with Crippen LogP contribution in [0.3, 0.4) is 0 Å². The van der Waals surface area contributed by atoms with Crippen molar-refractivity contribution in [1.29, 1.82) is 0 Å². The highest BCUT2D eigenvalue weighted by Gasteiger charge is 2.06. The van der Waals surface area contributed by atoms with Crippen LogP contribution < -0.4 is 15.4 Å². The zero-order valence-electron chi connectivity index (χ0n) is 16.1. The van der Waals surface area contributed by atoms with E-state index in [1.807, 2.05) is 13.8 Å². The number of aryl methyl sites for hydroxylation is 1. The Balaban J connectivity index is 2.48. The third-order valence-electron chi connectivity index (χ3n) is 3.54. The Labute approximate surface area is 152 Å². The summed E-state index contributed by atoms with van der Waals surface area (Å²) >= 11 is 0. The van der Waals surface area contributed by atoms with E-state index in [1.54, 1.807) is 7.05 Å².